The Morgan fingerprint density at radius 1 is 1.37 bits per heavy atom. The van der Waals surface area contributed by atoms with Crippen molar-refractivity contribution >= 4 is 11.9 Å². The number of esters is 2. The first-order valence-electron chi connectivity index (χ1n) is 5.94. The number of ether oxygens (including phenoxy) is 4. The van der Waals surface area contributed by atoms with Gasteiger partial charge in [-0.3, -0.25) is 9.59 Å². The van der Waals surface area contributed by atoms with E-state index in [-0.39, 0.29) is 13.0 Å². The maximum atomic E-state index is 11.9. The van der Waals surface area contributed by atoms with Gasteiger partial charge in [0.15, 0.2) is 11.7 Å². The van der Waals surface area contributed by atoms with Crippen LogP contribution in [-0.4, -0.2) is 45.7 Å². The molecule has 106 valence electrons. The number of hydrogen-bond donors (Lipinski definition) is 0. The lowest BCUT2D eigenvalue weighted by molar-refractivity contribution is -0.184. The molecule has 6 nitrogen and oxygen atoms in total. The molecule has 0 bridgehead atoms. The molecule has 0 aliphatic carbocycles. The summed E-state index contributed by atoms with van der Waals surface area (Å²) in [5.74, 6) is 0.756. The van der Waals surface area contributed by atoms with Gasteiger partial charge in [0.2, 0.25) is 0 Å². The molecule has 0 amide bonds. The summed E-state index contributed by atoms with van der Waals surface area (Å²) in [7, 11) is 2.37. The third-order valence-corrected chi connectivity index (χ3v) is 2.96. The third kappa shape index (κ3) is 3.46. The van der Waals surface area contributed by atoms with Crippen molar-refractivity contribution in [3.63, 3.8) is 0 Å². The smallest absolute Gasteiger partial charge is 0.326 e. The minimum atomic E-state index is -1.63. The Morgan fingerprint density at radius 2 is 2.00 bits per heavy atom. The number of hydrogen-bond acceptors (Lipinski definition) is 6. The summed E-state index contributed by atoms with van der Waals surface area (Å²) in [6.07, 6.45) is 6.25. The summed E-state index contributed by atoms with van der Waals surface area (Å²) in [4.78, 5) is 23.8. The van der Waals surface area contributed by atoms with E-state index in [0.717, 1.165) is 6.42 Å². The van der Waals surface area contributed by atoms with Crippen LogP contribution in [0.15, 0.2) is 0 Å². The zero-order valence-corrected chi connectivity index (χ0v) is 11.1. The number of methoxy groups -OCH3 is 2. The van der Waals surface area contributed by atoms with Gasteiger partial charge >= 0.3 is 11.9 Å². The van der Waals surface area contributed by atoms with Gasteiger partial charge in [-0.1, -0.05) is 0 Å². The van der Waals surface area contributed by atoms with E-state index in [1.807, 2.05) is 0 Å². The second-order valence-corrected chi connectivity index (χ2v) is 4.20. The molecule has 1 unspecified atom stereocenters. The van der Waals surface area contributed by atoms with Crippen LogP contribution in [0, 0.1) is 17.8 Å². The first-order chi connectivity index (χ1) is 9.10. The largest absolute Gasteiger partial charge is 0.468 e. The summed E-state index contributed by atoms with van der Waals surface area (Å²) < 4.78 is 20.0. The molecule has 0 spiro atoms. The highest BCUT2D eigenvalue weighted by Crippen LogP contribution is 2.28. The Hall–Kier alpha value is -1.58. The molecule has 1 heterocycles. The van der Waals surface area contributed by atoms with Crippen LogP contribution in [0.4, 0.5) is 0 Å². The van der Waals surface area contributed by atoms with Crippen molar-refractivity contribution in [3.8, 4) is 12.3 Å². The fourth-order valence-electron chi connectivity index (χ4n) is 1.88. The predicted octanol–water partition coefficient (Wildman–Crippen LogP) is 0.495. The zero-order chi connectivity index (χ0) is 14.3. The first-order valence-corrected chi connectivity index (χ1v) is 5.94. The molecule has 0 radical (unpaired) electrons. The quantitative estimate of drug-likeness (QED) is 0.397. The van der Waals surface area contributed by atoms with Crippen molar-refractivity contribution in [3.05, 3.63) is 0 Å². The Kier molecular flexibility index (Phi) is 5.80. The van der Waals surface area contributed by atoms with Crippen LogP contribution >= 0.6 is 0 Å². The highest BCUT2D eigenvalue weighted by Gasteiger charge is 2.49. The summed E-state index contributed by atoms with van der Waals surface area (Å²) in [5.41, 5.74) is -1.63. The first kappa shape index (κ1) is 15.5. The molecule has 1 fully saturated rings. The molecular formula is C13H18O6. The van der Waals surface area contributed by atoms with Crippen molar-refractivity contribution in [1.82, 2.24) is 0 Å². The Balaban J connectivity index is 2.84. The third-order valence-electron chi connectivity index (χ3n) is 2.96. The van der Waals surface area contributed by atoms with Gasteiger partial charge < -0.3 is 18.9 Å². The van der Waals surface area contributed by atoms with Gasteiger partial charge in [-0.05, 0) is 6.42 Å². The van der Waals surface area contributed by atoms with Crippen LogP contribution in [-0.2, 0) is 28.5 Å². The maximum Gasteiger partial charge on any atom is 0.326 e. The van der Waals surface area contributed by atoms with E-state index in [2.05, 4.69) is 15.4 Å². The second-order valence-electron chi connectivity index (χ2n) is 4.20. The maximum absolute atomic E-state index is 11.9. The van der Waals surface area contributed by atoms with E-state index in [9.17, 15) is 9.59 Å². The van der Waals surface area contributed by atoms with E-state index in [4.69, 9.17) is 15.9 Å². The molecule has 1 aliphatic rings. The second kappa shape index (κ2) is 7.12. The Bertz CT molecular complexity index is 348. The normalized spacial score (nSPS) is 18.7. The average Bonchev–Trinajstić information content (AvgIpc) is 2.95. The SMILES string of the molecule is C#CCC(COC1CCCO1)(C(=O)OC)C(=O)OC. The van der Waals surface area contributed by atoms with Crippen LogP contribution < -0.4 is 0 Å². The number of carbonyl (C=O) groups excluding carboxylic acids is 2. The van der Waals surface area contributed by atoms with Crippen molar-refractivity contribution in [1.29, 1.82) is 0 Å². The van der Waals surface area contributed by atoms with Gasteiger partial charge in [-0.2, -0.15) is 0 Å². The molecule has 1 atom stereocenters. The van der Waals surface area contributed by atoms with Crippen LogP contribution in [0.3, 0.4) is 0 Å². The molecule has 1 aliphatic heterocycles. The van der Waals surface area contributed by atoms with Gasteiger partial charge in [0.05, 0.1) is 20.8 Å². The molecule has 0 aromatic carbocycles. The average molecular weight is 270 g/mol. The summed E-state index contributed by atoms with van der Waals surface area (Å²) in [5, 5.41) is 0. The van der Waals surface area contributed by atoms with Crippen molar-refractivity contribution < 1.29 is 28.5 Å². The Labute approximate surface area is 112 Å². The monoisotopic (exact) mass is 270 g/mol. The molecule has 6 heteroatoms. The van der Waals surface area contributed by atoms with E-state index in [1.54, 1.807) is 0 Å². The van der Waals surface area contributed by atoms with Crippen molar-refractivity contribution in [2.75, 3.05) is 27.4 Å². The van der Waals surface area contributed by atoms with Crippen LogP contribution in [0.25, 0.3) is 0 Å². The van der Waals surface area contributed by atoms with Gasteiger partial charge in [-0.25, -0.2) is 0 Å². The van der Waals surface area contributed by atoms with Gasteiger partial charge in [0.25, 0.3) is 0 Å². The number of carbonyl (C=O) groups is 2. The molecule has 0 aromatic heterocycles. The molecule has 0 aromatic rings. The summed E-state index contributed by atoms with van der Waals surface area (Å²) in [6, 6.07) is 0. The Morgan fingerprint density at radius 3 is 2.42 bits per heavy atom. The standard InChI is InChI=1S/C13H18O6/c1-4-7-13(11(14)16-2,12(15)17-3)9-19-10-6-5-8-18-10/h1,10H,5-9H2,2-3H3. The van der Waals surface area contributed by atoms with Gasteiger partial charge in [0.1, 0.15) is 0 Å². The van der Waals surface area contributed by atoms with Crippen LogP contribution in [0.2, 0.25) is 0 Å². The van der Waals surface area contributed by atoms with Gasteiger partial charge in [-0.15, -0.1) is 12.3 Å². The molecule has 19 heavy (non-hydrogen) atoms. The molecule has 1 rings (SSSR count). The van der Waals surface area contributed by atoms with E-state index < -0.39 is 23.6 Å². The predicted molar refractivity (Wildman–Crippen MR) is 64.8 cm³/mol. The van der Waals surface area contributed by atoms with E-state index in [1.165, 1.54) is 14.2 Å². The van der Waals surface area contributed by atoms with Crippen molar-refractivity contribution in [2.24, 2.45) is 5.41 Å². The molecule has 1 saturated heterocycles. The van der Waals surface area contributed by atoms with Crippen molar-refractivity contribution in [2.45, 2.75) is 25.6 Å². The van der Waals surface area contributed by atoms with Gasteiger partial charge in [0, 0.05) is 19.4 Å². The van der Waals surface area contributed by atoms with E-state index in [0.29, 0.717) is 13.0 Å². The van der Waals surface area contributed by atoms with E-state index >= 15 is 0 Å². The lowest BCUT2D eigenvalue weighted by Gasteiger charge is -2.27. The zero-order valence-electron chi connectivity index (χ0n) is 11.1. The highest BCUT2D eigenvalue weighted by atomic mass is 16.7. The lowest BCUT2D eigenvalue weighted by atomic mass is 9.85. The van der Waals surface area contributed by atoms with Crippen LogP contribution in [0.5, 0.6) is 0 Å². The minimum absolute atomic E-state index is 0.154. The fraction of sp³-hybridized carbons (Fsp3) is 0.692. The number of terminal acetylenes is 1. The van der Waals surface area contributed by atoms with Crippen LogP contribution in [0.1, 0.15) is 19.3 Å². The molecule has 0 N–H and O–H groups in total. The molecule has 0 saturated carbocycles. The number of rotatable bonds is 6. The highest BCUT2D eigenvalue weighted by molar-refractivity contribution is 6.00. The fourth-order valence-corrected chi connectivity index (χ4v) is 1.88. The topological polar surface area (TPSA) is 71.1 Å². The minimum Gasteiger partial charge on any atom is -0.468 e. The molecular weight excluding hydrogens is 252 g/mol. The lowest BCUT2D eigenvalue weighted by Crippen LogP contribution is -2.45. The summed E-state index contributed by atoms with van der Waals surface area (Å²) in [6.45, 7) is 0.379. The summed E-state index contributed by atoms with van der Waals surface area (Å²) >= 11 is 0.